The average Bonchev–Trinajstić information content (AvgIpc) is 3.06. The number of hydrogen-bond acceptors (Lipinski definition) is 5. The van der Waals surface area contributed by atoms with Crippen molar-refractivity contribution < 1.29 is 8.42 Å². The molecule has 1 unspecified atom stereocenters. The van der Waals surface area contributed by atoms with Crippen molar-refractivity contribution in [2.75, 3.05) is 28.8 Å². The first-order chi connectivity index (χ1) is 11.2. The third-order valence-electron chi connectivity index (χ3n) is 4.85. The second kappa shape index (κ2) is 4.89. The largest absolute Gasteiger partial charge is 0.384 e. The molecule has 3 N–H and O–H groups in total. The molecular formula is C18H21N3O2S. The van der Waals surface area contributed by atoms with Crippen molar-refractivity contribution in [2.45, 2.75) is 30.3 Å². The number of nitrogens with one attached hydrogen (secondary N) is 3. The molecule has 0 amide bonds. The molecule has 2 aliphatic heterocycles. The van der Waals surface area contributed by atoms with E-state index < -0.39 is 9.84 Å². The zero-order valence-electron chi connectivity index (χ0n) is 14.0. The molecule has 2 aromatic rings. The first-order valence-corrected chi connectivity index (χ1v) is 9.89. The molecular weight excluding hydrogens is 322 g/mol. The van der Waals surface area contributed by atoms with Crippen LogP contribution in [0, 0.1) is 0 Å². The van der Waals surface area contributed by atoms with E-state index in [1.807, 2.05) is 12.1 Å². The van der Waals surface area contributed by atoms with Gasteiger partial charge in [0.05, 0.1) is 16.3 Å². The van der Waals surface area contributed by atoms with Gasteiger partial charge < -0.3 is 16.0 Å². The fourth-order valence-electron chi connectivity index (χ4n) is 3.38. The van der Waals surface area contributed by atoms with Crippen LogP contribution in [0.2, 0.25) is 0 Å². The lowest BCUT2D eigenvalue weighted by Crippen LogP contribution is -2.19. The van der Waals surface area contributed by atoms with E-state index in [2.05, 4.69) is 41.9 Å². The van der Waals surface area contributed by atoms with Gasteiger partial charge in [0.2, 0.25) is 0 Å². The summed E-state index contributed by atoms with van der Waals surface area (Å²) in [5.41, 5.74) is 5.79. The minimum Gasteiger partial charge on any atom is -0.384 e. The summed E-state index contributed by atoms with van der Waals surface area (Å²) in [5, 5.41) is 10.4. The predicted octanol–water partition coefficient (Wildman–Crippen LogP) is 3.33. The molecule has 24 heavy (non-hydrogen) atoms. The van der Waals surface area contributed by atoms with Crippen molar-refractivity contribution in [3.63, 3.8) is 0 Å². The van der Waals surface area contributed by atoms with Gasteiger partial charge in [-0.15, -0.1) is 0 Å². The summed E-state index contributed by atoms with van der Waals surface area (Å²) in [5.74, 6) is 0. The highest BCUT2D eigenvalue weighted by Gasteiger charge is 2.32. The molecule has 5 nitrogen and oxygen atoms in total. The summed E-state index contributed by atoms with van der Waals surface area (Å²) in [6.07, 6.45) is 1.17. The zero-order valence-corrected chi connectivity index (χ0v) is 14.8. The van der Waals surface area contributed by atoms with Crippen molar-refractivity contribution in [3.8, 4) is 0 Å². The molecule has 0 radical (unpaired) electrons. The van der Waals surface area contributed by atoms with Gasteiger partial charge >= 0.3 is 0 Å². The van der Waals surface area contributed by atoms with Crippen molar-refractivity contribution >= 4 is 26.9 Å². The molecule has 2 heterocycles. The summed E-state index contributed by atoms with van der Waals surface area (Å²) in [4.78, 5) is 0.340. The molecule has 6 heteroatoms. The molecule has 0 saturated carbocycles. The van der Waals surface area contributed by atoms with Crippen LogP contribution in [0.3, 0.4) is 0 Å². The number of fused-ring (bicyclic) bond motifs is 2. The van der Waals surface area contributed by atoms with E-state index >= 15 is 0 Å². The minimum atomic E-state index is -3.17. The van der Waals surface area contributed by atoms with Gasteiger partial charge in [0.25, 0.3) is 0 Å². The van der Waals surface area contributed by atoms with Crippen LogP contribution in [0.1, 0.15) is 31.1 Å². The van der Waals surface area contributed by atoms with Crippen LogP contribution in [0.4, 0.5) is 17.1 Å². The third kappa shape index (κ3) is 2.41. The Morgan fingerprint density at radius 2 is 1.62 bits per heavy atom. The summed E-state index contributed by atoms with van der Waals surface area (Å²) in [6.45, 7) is 5.42. The lowest BCUT2D eigenvalue weighted by atomic mass is 9.86. The fraction of sp³-hybridized carbons (Fsp3) is 0.333. The smallest absolute Gasteiger partial charge is 0.175 e. The van der Waals surface area contributed by atoms with Crippen LogP contribution in [-0.2, 0) is 15.3 Å². The average molecular weight is 343 g/mol. The van der Waals surface area contributed by atoms with Gasteiger partial charge in [0.15, 0.2) is 9.84 Å². The number of sulfone groups is 1. The summed E-state index contributed by atoms with van der Waals surface area (Å²) in [7, 11) is -3.17. The Labute approximate surface area is 142 Å². The van der Waals surface area contributed by atoms with E-state index in [0.717, 1.165) is 23.5 Å². The maximum atomic E-state index is 11.6. The Bertz CT molecular complexity index is 918. The van der Waals surface area contributed by atoms with Crippen LogP contribution < -0.4 is 16.0 Å². The third-order valence-corrected chi connectivity index (χ3v) is 5.98. The molecule has 0 bridgehead atoms. The molecule has 0 aromatic heterocycles. The SMILES string of the molecule is CC1(C)CNc2cc3c(cc21)NC(c1ccc(S(C)(=O)=O)cc1)N3. The second-order valence-electron chi connectivity index (χ2n) is 7.24. The van der Waals surface area contributed by atoms with Crippen LogP contribution in [0.5, 0.6) is 0 Å². The molecule has 0 spiro atoms. The Morgan fingerprint density at radius 3 is 2.25 bits per heavy atom. The van der Waals surface area contributed by atoms with E-state index in [-0.39, 0.29) is 11.6 Å². The molecule has 0 aliphatic carbocycles. The van der Waals surface area contributed by atoms with Gasteiger partial charge in [-0.1, -0.05) is 26.0 Å². The fourth-order valence-corrected chi connectivity index (χ4v) is 4.01. The highest BCUT2D eigenvalue weighted by Crippen LogP contribution is 2.45. The van der Waals surface area contributed by atoms with Gasteiger partial charge in [0.1, 0.15) is 6.17 Å². The summed E-state index contributed by atoms with van der Waals surface area (Å²) >= 11 is 0. The lowest BCUT2D eigenvalue weighted by molar-refractivity contribution is 0.586. The first kappa shape index (κ1) is 15.3. The zero-order chi connectivity index (χ0) is 17.1. The summed E-state index contributed by atoms with van der Waals surface area (Å²) in [6, 6.07) is 11.4. The van der Waals surface area contributed by atoms with Crippen molar-refractivity contribution in [1.82, 2.24) is 0 Å². The number of hydrogen-bond donors (Lipinski definition) is 3. The van der Waals surface area contributed by atoms with Gasteiger partial charge in [0, 0.05) is 23.9 Å². The number of anilines is 3. The maximum absolute atomic E-state index is 11.6. The van der Waals surface area contributed by atoms with Crippen molar-refractivity contribution in [1.29, 1.82) is 0 Å². The van der Waals surface area contributed by atoms with E-state index in [1.165, 1.54) is 17.5 Å². The molecule has 2 aliphatic rings. The van der Waals surface area contributed by atoms with E-state index in [0.29, 0.717) is 4.90 Å². The molecule has 4 rings (SSSR count). The molecule has 126 valence electrons. The van der Waals surface area contributed by atoms with Gasteiger partial charge in [-0.3, -0.25) is 0 Å². The van der Waals surface area contributed by atoms with Gasteiger partial charge in [-0.05, 0) is 35.4 Å². The van der Waals surface area contributed by atoms with Crippen molar-refractivity contribution in [3.05, 3.63) is 47.5 Å². The Balaban J connectivity index is 1.62. The Morgan fingerprint density at radius 1 is 1.00 bits per heavy atom. The topological polar surface area (TPSA) is 70.2 Å². The molecule has 1 atom stereocenters. The van der Waals surface area contributed by atoms with E-state index in [4.69, 9.17) is 0 Å². The minimum absolute atomic E-state index is 0.0563. The molecule has 0 fully saturated rings. The van der Waals surface area contributed by atoms with Gasteiger partial charge in [-0.2, -0.15) is 0 Å². The standard InChI is InChI=1S/C18H21N3O2S/c1-18(2)10-19-14-9-16-15(8-13(14)18)20-17(21-16)11-4-6-12(7-5-11)24(3,22)23/h4-9,17,19-21H,10H2,1-3H3. The lowest BCUT2D eigenvalue weighted by Gasteiger charge is -2.17. The summed E-state index contributed by atoms with van der Waals surface area (Å²) < 4.78 is 23.2. The number of rotatable bonds is 2. The Kier molecular flexibility index (Phi) is 3.12. The van der Waals surface area contributed by atoms with Crippen LogP contribution in [0.25, 0.3) is 0 Å². The van der Waals surface area contributed by atoms with Crippen LogP contribution in [0.15, 0.2) is 41.3 Å². The van der Waals surface area contributed by atoms with E-state index in [9.17, 15) is 8.42 Å². The highest BCUT2D eigenvalue weighted by molar-refractivity contribution is 7.90. The second-order valence-corrected chi connectivity index (χ2v) is 9.26. The van der Waals surface area contributed by atoms with Crippen LogP contribution >= 0.6 is 0 Å². The Hall–Kier alpha value is -2.21. The normalized spacial score (nSPS) is 20.5. The highest BCUT2D eigenvalue weighted by atomic mass is 32.2. The number of benzene rings is 2. The quantitative estimate of drug-likeness (QED) is 0.780. The monoisotopic (exact) mass is 343 g/mol. The molecule has 0 saturated heterocycles. The van der Waals surface area contributed by atoms with Gasteiger partial charge in [-0.25, -0.2) is 8.42 Å². The van der Waals surface area contributed by atoms with E-state index in [1.54, 1.807) is 12.1 Å². The van der Waals surface area contributed by atoms with Crippen LogP contribution in [-0.4, -0.2) is 21.2 Å². The first-order valence-electron chi connectivity index (χ1n) is 7.99. The maximum Gasteiger partial charge on any atom is 0.175 e. The van der Waals surface area contributed by atoms with Crippen molar-refractivity contribution in [2.24, 2.45) is 0 Å². The molecule has 2 aromatic carbocycles. The predicted molar refractivity (Wildman–Crippen MR) is 97.5 cm³/mol.